The zero-order chi connectivity index (χ0) is 21.8. The highest BCUT2D eigenvalue weighted by atomic mass is 16.6. The molecule has 0 spiro atoms. The second kappa shape index (κ2) is 8.43. The molecule has 1 saturated heterocycles. The molecule has 0 aliphatic carbocycles. The number of hydrogen-bond donors (Lipinski definition) is 1. The first kappa shape index (κ1) is 20.5. The number of hydrogen-bond acceptors (Lipinski definition) is 7. The van der Waals surface area contributed by atoms with Gasteiger partial charge in [0.15, 0.2) is 0 Å². The second-order valence-corrected chi connectivity index (χ2v) is 6.07. The van der Waals surface area contributed by atoms with Crippen molar-refractivity contribution < 1.29 is 28.8 Å². The summed E-state index contributed by atoms with van der Waals surface area (Å²) in [6.07, 6.45) is 1.22. The lowest BCUT2D eigenvalue weighted by Crippen LogP contribution is -2.54. The van der Waals surface area contributed by atoms with Gasteiger partial charge in [-0.25, -0.2) is 9.69 Å². The minimum Gasteiger partial charge on any atom is -0.496 e. The van der Waals surface area contributed by atoms with Crippen LogP contribution in [0.25, 0.3) is 6.08 Å². The van der Waals surface area contributed by atoms with Gasteiger partial charge in [-0.05, 0) is 43.3 Å². The van der Waals surface area contributed by atoms with Gasteiger partial charge in [-0.3, -0.25) is 25.0 Å². The molecule has 0 atom stereocenters. The molecule has 3 rings (SSSR count). The molecule has 0 bridgehead atoms. The van der Waals surface area contributed by atoms with Crippen LogP contribution in [0, 0.1) is 10.1 Å². The molecule has 154 valence electrons. The van der Waals surface area contributed by atoms with Crippen LogP contribution in [0.15, 0.2) is 48.0 Å². The van der Waals surface area contributed by atoms with Crippen molar-refractivity contribution in [1.29, 1.82) is 0 Å². The topological polar surface area (TPSA) is 128 Å². The first-order chi connectivity index (χ1) is 14.3. The smallest absolute Gasteiger partial charge is 0.335 e. The Hall–Kier alpha value is -4.21. The van der Waals surface area contributed by atoms with Gasteiger partial charge in [0.2, 0.25) is 0 Å². The van der Waals surface area contributed by atoms with Gasteiger partial charge in [0.25, 0.3) is 17.5 Å². The Morgan fingerprint density at radius 1 is 1.13 bits per heavy atom. The van der Waals surface area contributed by atoms with Gasteiger partial charge in [0, 0.05) is 11.6 Å². The zero-order valence-electron chi connectivity index (χ0n) is 16.1. The van der Waals surface area contributed by atoms with Gasteiger partial charge in [-0.1, -0.05) is 0 Å². The third-order valence-electron chi connectivity index (χ3n) is 4.24. The number of barbiturate groups is 1. The van der Waals surface area contributed by atoms with E-state index >= 15 is 0 Å². The van der Waals surface area contributed by atoms with Gasteiger partial charge < -0.3 is 9.47 Å². The number of benzene rings is 2. The fourth-order valence-electron chi connectivity index (χ4n) is 2.84. The van der Waals surface area contributed by atoms with E-state index in [4.69, 9.17) is 9.47 Å². The number of anilines is 1. The number of methoxy groups -OCH3 is 1. The number of urea groups is 1. The number of non-ortho nitro benzene ring substituents is 1. The number of nitro groups is 1. The summed E-state index contributed by atoms with van der Waals surface area (Å²) in [6.45, 7) is 2.28. The summed E-state index contributed by atoms with van der Waals surface area (Å²) >= 11 is 0. The van der Waals surface area contributed by atoms with Crippen LogP contribution in [-0.4, -0.2) is 36.5 Å². The summed E-state index contributed by atoms with van der Waals surface area (Å²) in [5.74, 6) is -1.06. The maximum atomic E-state index is 12.9. The second-order valence-electron chi connectivity index (χ2n) is 6.07. The third-order valence-corrected chi connectivity index (χ3v) is 4.24. The number of rotatable bonds is 6. The molecule has 1 aliphatic rings. The van der Waals surface area contributed by atoms with E-state index in [1.165, 1.54) is 43.5 Å². The highest BCUT2D eigenvalue weighted by Crippen LogP contribution is 2.29. The van der Waals surface area contributed by atoms with Crippen molar-refractivity contribution in [3.8, 4) is 11.5 Å². The van der Waals surface area contributed by atoms with E-state index in [2.05, 4.69) is 5.32 Å². The van der Waals surface area contributed by atoms with Crippen LogP contribution < -0.4 is 19.7 Å². The zero-order valence-corrected chi connectivity index (χ0v) is 16.1. The van der Waals surface area contributed by atoms with Crippen molar-refractivity contribution in [2.75, 3.05) is 18.6 Å². The molecule has 30 heavy (non-hydrogen) atoms. The maximum absolute atomic E-state index is 12.9. The largest absolute Gasteiger partial charge is 0.496 e. The highest BCUT2D eigenvalue weighted by molar-refractivity contribution is 6.39. The van der Waals surface area contributed by atoms with Crippen molar-refractivity contribution in [2.24, 2.45) is 0 Å². The molecule has 1 aliphatic heterocycles. The predicted octanol–water partition coefficient (Wildman–Crippen LogP) is 2.67. The van der Waals surface area contributed by atoms with E-state index in [0.717, 1.165) is 4.90 Å². The lowest BCUT2D eigenvalue weighted by molar-refractivity contribution is -0.384. The van der Waals surface area contributed by atoms with Crippen molar-refractivity contribution >= 4 is 35.3 Å². The number of carbonyl (C=O) groups excluding carboxylic acids is 3. The number of carbonyl (C=O) groups is 3. The molecular weight excluding hydrogens is 394 g/mol. The van der Waals surface area contributed by atoms with Gasteiger partial charge in [0.05, 0.1) is 30.4 Å². The quantitative estimate of drug-likeness (QED) is 0.335. The van der Waals surface area contributed by atoms with Crippen molar-refractivity contribution in [2.45, 2.75) is 6.92 Å². The molecule has 4 amide bonds. The van der Waals surface area contributed by atoms with E-state index < -0.39 is 22.8 Å². The van der Waals surface area contributed by atoms with Crippen molar-refractivity contribution in [3.63, 3.8) is 0 Å². The average Bonchev–Trinajstić information content (AvgIpc) is 2.72. The summed E-state index contributed by atoms with van der Waals surface area (Å²) in [5.41, 5.74) is -0.0205. The number of nitrogens with zero attached hydrogens (tertiary/aromatic N) is 2. The van der Waals surface area contributed by atoms with Gasteiger partial charge in [-0.15, -0.1) is 0 Å². The lowest BCUT2D eigenvalue weighted by Gasteiger charge is -2.26. The molecule has 1 heterocycles. The van der Waals surface area contributed by atoms with Crippen LogP contribution in [0.1, 0.15) is 12.5 Å². The fourth-order valence-corrected chi connectivity index (χ4v) is 2.84. The molecule has 2 aromatic carbocycles. The van der Waals surface area contributed by atoms with E-state index in [1.54, 1.807) is 12.1 Å². The van der Waals surface area contributed by atoms with Crippen LogP contribution >= 0.6 is 0 Å². The summed E-state index contributed by atoms with van der Waals surface area (Å²) in [5, 5.41) is 13.1. The molecule has 1 fully saturated rings. The Morgan fingerprint density at radius 3 is 2.43 bits per heavy atom. The van der Waals surface area contributed by atoms with Gasteiger partial charge >= 0.3 is 6.03 Å². The molecule has 0 radical (unpaired) electrons. The first-order valence-electron chi connectivity index (χ1n) is 8.82. The Balaban J connectivity index is 1.99. The Kier molecular flexibility index (Phi) is 5.77. The maximum Gasteiger partial charge on any atom is 0.335 e. The monoisotopic (exact) mass is 411 g/mol. The van der Waals surface area contributed by atoms with Crippen LogP contribution in [0.4, 0.5) is 16.2 Å². The third kappa shape index (κ3) is 3.97. The summed E-state index contributed by atoms with van der Waals surface area (Å²) in [7, 11) is 1.31. The summed E-state index contributed by atoms with van der Waals surface area (Å²) in [4.78, 5) is 48.7. The van der Waals surface area contributed by atoms with E-state index in [1.807, 2.05) is 6.92 Å². The molecule has 10 heteroatoms. The predicted molar refractivity (Wildman–Crippen MR) is 106 cm³/mol. The van der Waals surface area contributed by atoms with E-state index in [9.17, 15) is 24.5 Å². The Bertz CT molecular complexity index is 1060. The molecular formula is C20H17N3O7. The molecule has 10 nitrogen and oxygen atoms in total. The van der Waals surface area contributed by atoms with Crippen molar-refractivity contribution in [3.05, 3.63) is 63.7 Å². The minimum atomic E-state index is -0.887. The van der Waals surface area contributed by atoms with Crippen LogP contribution in [0.2, 0.25) is 0 Å². The summed E-state index contributed by atoms with van der Waals surface area (Å²) in [6, 6.07) is 9.08. The number of nitrogens with one attached hydrogen (secondary N) is 1. The van der Waals surface area contributed by atoms with Crippen LogP contribution in [0.3, 0.4) is 0 Å². The van der Waals surface area contributed by atoms with E-state index in [-0.39, 0.29) is 28.3 Å². The minimum absolute atomic E-state index is 0.0989. The fraction of sp³-hybridized carbons (Fsp3) is 0.150. The number of imide groups is 2. The van der Waals surface area contributed by atoms with E-state index in [0.29, 0.717) is 12.4 Å². The standard InChI is InChI=1S/C20H17N3O7/c1-3-30-15-8-6-13(7-9-15)22-19(25)16(18(24)21-20(22)26)10-12-4-5-14(23(27)28)11-17(12)29-2/h4-11H,3H2,1-2H3,(H,21,24,26)/b16-10-. The number of amides is 4. The van der Waals surface area contributed by atoms with Gasteiger partial charge in [0.1, 0.15) is 17.1 Å². The molecule has 0 saturated carbocycles. The molecule has 0 aromatic heterocycles. The SMILES string of the molecule is CCOc1ccc(N2C(=O)NC(=O)/C(=C/c3ccc([N+](=O)[O-])cc3OC)C2=O)cc1. The lowest BCUT2D eigenvalue weighted by atomic mass is 10.1. The highest BCUT2D eigenvalue weighted by Gasteiger charge is 2.37. The van der Waals surface area contributed by atoms with Crippen LogP contribution in [-0.2, 0) is 9.59 Å². The van der Waals surface area contributed by atoms with Crippen molar-refractivity contribution in [1.82, 2.24) is 5.32 Å². The Labute approximate surface area is 170 Å². The normalized spacial score (nSPS) is 15.2. The number of nitro benzene ring substituents is 1. The first-order valence-corrected chi connectivity index (χ1v) is 8.82. The van der Waals surface area contributed by atoms with Gasteiger partial charge in [-0.2, -0.15) is 0 Å². The molecule has 1 N–H and O–H groups in total. The average molecular weight is 411 g/mol. The summed E-state index contributed by atoms with van der Waals surface area (Å²) < 4.78 is 10.5. The molecule has 0 unspecified atom stereocenters. The molecule has 2 aromatic rings. The Morgan fingerprint density at radius 2 is 1.83 bits per heavy atom. The number of ether oxygens (including phenoxy) is 2. The van der Waals surface area contributed by atoms with Crippen LogP contribution in [0.5, 0.6) is 11.5 Å².